The molecule has 1 saturated heterocycles. The van der Waals surface area contributed by atoms with Crippen LogP contribution in [0.2, 0.25) is 0 Å². The summed E-state index contributed by atoms with van der Waals surface area (Å²) in [6, 6.07) is 0. The highest BCUT2D eigenvalue weighted by Crippen LogP contribution is 2.34. The van der Waals surface area contributed by atoms with E-state index in [-0.39, 0.29) is 13.0 Å². The van der Waals surface area contributed by atoms with Crippen molar-refractivity contribution in [3.8, 4) is 0 Å². The second kappa shape index (κ2) is 3.51. The van der Waals surface area contributed by atoms with E-state index < -0.39 is 14.3 Å². The highest BCUT2D eigenvalue weighted by Gasteiger charge is 2.45. The molecule has 1 unspecified atom stereocenters. The predicted octanol–water partition coefficient (Wildman–Crippen LogP) is -0.787. The second-order valence-corrected chi connectivity index (χ2v) is 5.84. The molecule has 0 spiro atoms. The highest BCUT2D eigenvalue weighted by molar-refractivity contribution is 8.13. The summed E-state index contributed by atoms with van der Waals surface area (Å²) in [6.45, 7) is 0.824. The van der Waals surface area contributed by atoms with Crippen LogP contribution < -0.4 is 11.1 Å². The van der Waals surface area contributed by atoms with Gasteiger partial charge in [-0.25, -0.2) is 0 Å². The summed E-state index contributed by atoms with van der Waals surface area (Å²) in [7, 11) is -4.05. The fraction of sp³-hybridized carbons (Fsp3) is 1.00. The second-order valence-electron chi connectivity index (χ2n) is 2.54. The Kier molecular flexibility index (Phi) is 3.00. The summed E-state index contributed by atoms with van der Waals surface area (Å²) in [5, 5.41) is 2.76. The third kappa shape index (κ3) is 1.74. The molecular formula is C5H12N2O3S2. The van der Waals surface area contributed by atoms with Gasteiger partial charge in [-0.15, -0.1) is 11.8 Å². The Labute approximate surface area is 75.8 Å². The van der Waals surface area contributed by atoms with Gasteiger partial charge in [0.25, 0.3) is 10.1 Å². The van der Waals surface area contributed by atoms with Crippen LogP contribution in [0.15, 0.2) is 0 Å². The zero-order valence-electron chi connectivity index (χ0n) is 6.49. The quantitative estimate of drug-likeness (QED) is 0.531. The van der Waals surface area contributed by atoms with Crippen LogP contribution in [-0.4, -0.2) is 36.0 Å². The van der Waals surface area contributed by atoms with Crippen molar-refractivity contribution < 1.29 is 13.0 Å². The van der Waals surface area contributed by atoms with Crippen molar-refractivity contribution in [2.45, 2.75) is 10.6 Å². The standard InChI is InChI=1S/C5H12N2O3S2/c6-2-1-5(12(8,9)10)7-3-4-11-5/h7H,1-4,6H2,(H,8,9,10). The SMILES string of the molecule is NCCC1(S(=O)(=O)O)NCCS1. The van der Waals surface area contributed by atoms with E-state index in [0.29, 0.717) is 12.3 Å². The van der Waals surface area contributed by atoms with Gasteiger partial charge in [-0.1, -0.05) is 0 Å². The minimum Gasteiger partial charge on any atom is -0.330 e. The van der Waals surface area contributed by atoms with E-state index in [1.165, 1.54) is 11.8 Å². The number of hydrogen-bond acceptors (Lipinski definition) is 5. The van der Waals surface area contributed by atoms with Crippen molar-refractivity contribution in [1.82, 2.24) is 5.32 Å². The van der Waals surface area contributed by atoms with Gasteiger partial charge in [0.05, 0.1) is 0 Å². The Hall–Kier alpha value is 0.180. The maximum atomic E-state index is 11.0. The van der Waals surface area contributed by atoms with Crippen molar-refractivity contribution in [2.24, 2.45) is 5.73 Å². The number of thioether (sulfide) groups is 1. The molecule has 12 heavy (non-hydrogen) atoms. The third-order valence-electron chi connectivity index (χ3n) is 1.72. The summed E-state index contributed by atoms with van der Waals surface area (Å²) in [6.07, 6.45) is 0.233. The maximum absolute atomic E-state index is 11.0. The van der Waals surface area contributed by atoms with Crippen LogP contribution in [-0.2, 0) is 10.1 Å². The van der Waals surface area contributed by atoms with Gasteiger partial charge < -0.3 is 5.73 Å². The van der Waals surface area contributed by atoms with Crippen LogP contribution in [0.1, 0.15) is 6.42 Å². The molecule has 1 atom stereocenters. The van der Waals surface area contributed by atoms with E-state index in [4.69, 9.17) is 10.3 Å². The average Bonchev–Trinajstić information content (AvgIpc) is 2.36. The molecule has 0 radical (unpaired) electrons. The zero-order chi connectivity index (χ0) is 9.24. The van der Waals surface area contributed by atoms with Gasteiger partial charge in [0.2, 0.25) is 0 Å². The molecular weight excluding hydrogens is 200 g/mol. The Balaban J connectivity index is 2.87. The first-order valence-electron chi connectivity index (χ1n) is 3.58. The van der Waals surface area contributed by atoms with E-state index in [9.17, 15) is 8.42 Å². The molecule has 72 valence electrons. The molecule has 0 aromatic carbocycles. The first-order chi connectivity index (χ1) is 5.52. The molecule has 0 saturated carbocycles. The molecule has 4 N–H and O–H groups in total. The fourth-order valence-corrected chi connectivity index (χ4v) is 3.66. The Morgan fingerprint density at radius 1 is 1.67 bits per heavy atom. The van der Waals surface area contributed by atoms with Crippen LogP contribution in [0.25, 0.3) is 0 Å². The topological polar surface area (TPSA) is 92.4 Å². The summed E-state index contributed by atoms with van der Waals surface area (Å²) in [4.78, 5) is 0. The molecule has 1 heterocycles. The molecule has 1 aliphatic heterocycles. The van der Waals surface area contributed by atoms with E-state index >= 15 is 0 Å². The van der Waals surface area contributed by atoms with Crippen LogP contribution >= 0.6 is 11.8 Å². The van der Waals surface area contributed by atoms with Crippen molar-refractivity contribution >= 4 is 21.9 Å². The maximum Gasteiger partial charge on any atom is 0.293 e. The molecule has 1 aliphatic rings. The van der Waals surface area contributed by atoms with Crippen molar-refractivity contribution in [1.29, 1.82) is 0 Å². The van der Waals surface area contributed by atoms with E-state index in [1.807, 2.05) is 0 Å². The first-order valence-corrected chi connectivity index (χ1v) is 6.00. The van der Waals surface area contributed by atoms with Crippen LogP contribution in [0.5, 0.6) is 0 Å². The van der Waals surface area contributed by atoms with Crippen molar-refractivity contribution in [3.05, 3.63) is 0 Å². The minimum atomic E-state index is -4.05. The summed E-state index contributed by atoms with van der Waals surface area (Å²) in [5.74, 6) is 0.680. The van der Waals surface area contributed by atoms with Gasteiger partial charge in [0.1, 0.15) is 0 Å². The van der Waals surface area contributed by atoms with E-state index in [0.717, 1.165) is 0 Å². The highest BCUT2D eigenvalue weighted by atomic mass is 32.3. The molecule has 0 amide bonds. The number of hydrogen-bond donors (Lipinski definition) is 3. The molecule has 7 heteroatoms. The Morgan fingerprint density at radius 3 is 2.67 bits per heavy atom. The van der Waals surface area contributed by atoms with Gasteiger partial charge in [-0.2, -0.15) is 8.42 Å². The van der Waals surface area contributed by atoms with Gasteiger partial charge in [-0.3, -0.25) is 9.87 Å². The normalized spacial score (nSPS) is 30.8. The number of rotatable bonds is 3. The lowest BCUT2D eigenvalue weighted by Gasteiger charge is -2.23. The summed E-state index contributed by atoms with van der Waals surface area (Å²) >= 11 is 1.19. The van der Waals surface area contributed by atoms with Crippen molar-refractivity contribution in [3.63, 3.8) is 0 Å². The lowest BCUT2D eigenvalue weighted by Crippen LogP contribution is -2.46. The molecule has 1 rings (SSSR count). The molecule has 5 nitrogen and oxygen atoms in total. The van der Waals surface area contributed by atoms with Gasteiger partial charge in [0, 0.05) is 18.7 Å². The fourth-order valence-electron chi connectivity index (χ4n) is 1.15. The van der Waals surface area contributed by atoms with E-state index in [2.05, 4.69) is 5.32 Å². The van der Waals surface area contributed by atoms with Crippen LogP contribution in [0.3, 0.4) is 0 Å². The lowest BCUT2D eigenvalue weighted by molar-refractivity contribution is 0.437. The zero-order valence-corrected chi connectivity index (χ0v) is 8.12. The summed E-state index contributed by atoms with van der Waals surface area (Å²) in [5.41, 5.74) is 5.26. The molecule has 1 fully saturated rings. The monoisotopic (exact) mass is 212 g/mol. The largest absolute Gasteiger partial charge is 0.330 e. The minimum absolute atomic E-state index is 0.233. The molecule has 0 bridgehead atoms. The molecule has 0 aromatic heterocycles. The smallest absolute Gasteiger partial charge is 0.293 e. The van der Waals surface area contributed by atoms with Crippen LogP contribution in [0.4, 0.5) is 0 Å². The van der Waals surface area contributed by atoms with Gasteiger partial charge in [0.15, 0.2) is 4.20 Å². The molecule has 0 aliphatic carbocycles. The third-order valence-corrected chi connectivity index (χ3v) is 5.11. The Bertz CT molecular complexity index is 245. The van der Waals surface area contributed by atoms with Gasteiger partial charge in [-0.05, 0) is 6.54 Å². The summed E-state index contributed by atoms with van der Waals surface area (Å²) < 4.78 is 29.6. The van der Waals surface area contributed by atoms with Gasteiger partial charge >= 0.3 is 0 Å². The van der Waals surface area contributed by atoms with Crippen LogP contribution in [0, 0.1) is 0 Å². The average molecular weight is 212 g/mol. The first kappa shape index (κ1) is 10.3. The predicted molar refractivity (Wildman–Crippen MR) is 48.4 cm³/mol. The molecule has 0 aromatic rings. The lowest BCUT2D eigenvalue weighted by atomic mass is 10.4. The van der Waals surface area contributed by atoms with E-state index in [1.54, 1.807) is 0 Å². The number of nitrogens with two attached hydrogens (primary N) is 1. The number of nitrogens with one attached hydrogen (secondary N) is 1. The van der Waals surface area contributed by atoms with Crippen molar-refractivity contribution in [2.75, 3.05) is 18.8 Å². The Morgan fingerprint density at radius 2 is 2.33 bits per heavy atom.